The Labute approximate surface area is 81.5 Å². The molecule has 2 rings (SSSR count). The lowest BCUT2D eigenvalue weighted by Crippen LogP contribution is -2.04. The molecule has 14 heavy (non-hydrogen) atoms. The van der Waals surface area contributed by atoms with Gasteiger partial charge in [-0.2, -0.15) is 0 Å². The van der Waals surface area contributed by atoms with E-state index in [2.05, 4.69) is 9.97 Å². The predicted octanol–water partition coefficient (Wildman–Crippen LogP) is 0.758. The standard InChI is InChI=1S/C9H12N4O/c1-6(10)7-4-13-5-9(14-2)11-3-8(13)12-7/h3-6H,10H2,1-2H3. The van der Waals surface area contributed by atoms with Gasteiger partial charge in [0.25, 0.3) is 0 Å². The van der Waals surface area contributed by atoms with Gasteiger partial charge in [-0.1, -0.05) is 0 Å². The van der Waals surface area contributed by atoms with Gasteiger partial charge in [-0.25, -0.2) is 9.97 Å². The zero-order valence-corrected chi connectivity index (χ0v) is 8.14. The van der Waals surface area contributed by atoms with Crippen LogP contribution in [0.3, 0.4) is 0 Å². The molecule has 2 heterocycles. The first-order valence-electron chi connectivity index (χ1n) is 4.35. The summed E-state index contributed by atoms with van der Waals surface area (Å²) in [4.78, 5) is 8.36. The van der Waals surface area contributed by atoms with Crippen molar-refractivity contribution in [3.8, 4) is 5.88 Å². The fourth-order valence-electron chi connectivity index (χ4n) is 1.22. The van der Waals surface area contributed by atoms with Gasteiger partial charge in [-0.15, -0.1) is 0 Å². The molecule has 74 valence electrons. The number of hydrogen-bond acceptors (Lipinski definition) is 4. The Kier molecular flexibility index (Phi) is 2.09. The molecule has 0 aliphatic carbocycles. The average Bonchev–Trinajstić information content (AvgIpc) is 2.59. The van der Waals surface area contributed by atoms with Gasteiger partial charge < -0.3 is 14.9 Å². The molecule has 0 fully saturated rings. The topological polar surface area (TPSA) is 65.4 Å². The maximum absolute atomic E-state index is 5.72. The van der Waals surface area contributed by atoms with Crippen LogP contribution in [-0.2, 0) is 0 Å². The Morgan fingerprint density at radius 1 is 1.50 bits per heavy atom. The molecule has 2 aromatic heterocycles. The van der Waals surface area contributed by atoms with Crippen molar-refractivity contribution in [1.82, 2.24) is 14.4 Å². The second kappa shape index (κ2) is 3.26. The number of ether oxygens (including phenoxy) is 1. The lowest BCUT2D eigenvalue weighted by Gasteiger charge is -1.97. The molecule has 0 aromatic carbocycles. The van der Waals surface area contributed by atoms with Gasteiger partial charge in [0, 0.05) is 12.2 Å². The Balaban J connectivity index is 2.54. The van der Waals surface area contributed by atoms with Gasteiger partial charge in [-0.3, -0.25) is 0 Å². The number of hydrogen-bond donors (Lipinski definition) is 1. The first-order valence-corrected chi connectivity index (χ1v) is 4.35. The monoisotopic (exact) mass is 192 g/mol. The van der Waals surface area contributed by atoms with Crippen LogP contribution >= 0.6 is 0 Å². The van der Waals surface area contributed by atoms with Crippen molar-refractivity contribution in [2.24, 2.45) is 5.73 Å². The van der Waals surface area contributed by atoms with Crippen molar-refractivity contribution < 1.29 is 4.74 Å². The number of aromatic nitrogens is 3. The van der Waals surface area contributed by atoms with Gasteiger partial charge in [0.2, 0.25) is 5.88 Å². The van der Waals surface area contributed by atoms with Crippen LogP contribution in [0.15, 0.2) is 18.6 Å². The number of methoxy groups -OCH3 is 1. The number of rotatable bonds is 2. The molecule has 1 atom stereocenters. The number of imidazole rings is 1. The minimum Gasteiger partial charge on any atom is -0.480 e. The van der Waals surface area contributed by atoms with Crippen LogP contribution in [0.5, 0.6) is 5.88 Å². The highest BCUT2D eigenvalue weighted by atomic mass is 16.5. The van der Waals surface area contributed by atoms with E-state index in [0.717, 1.165) is 11.3 Å². The summed E-state index contributed by atoms with van der Waals surface area (Å²) in [7, 11) is 1.58. The molecule has 0 aliphatic rings. The minimum absolute atomic E-state index is 0.0686. The molecule has 5 heteroatoms. The molecule has 0 aliphatic heterocycles. The molecule has 2 N–H and O–H groups in total. The molecular formula is C9H12N4O. The first kappa shape index (κ1) is 8.96. The highest BCUT2D eigenvalue weighted by Gasteiger charge is 2.06. The number of fused-ring (bicyclic) bond motifs is 1. The quantitative estimate of drug-likeness (QED) is 0.762. The van der Waals surface area contributed by atoms with E-state index in [9.17, 15) is 0 Å². The van der Waals surface area contributed by atoms with Crippen molar-refractivity contribution in [2.75, 3.05) is 7.11 Å². The highest BCUT2D eigenvalue weighted by molar-refractivity contribution is 5.39. The molecule has 1 unspecified atom stereocenters. The first-order chi connectivity index (χ1) is 6.70. The molecule has 0 bridgehead atoms. The molecule has 2 aromatic rings. The number of nitrogens with two attached hydrogens (primary N) is 1. The second-order valence-electron chi connectivity index (χ2n) is 3.15. The Bertz CT molecular complexity index is 449. The molecule has 0 radical (unpaired) electrons. The van der Waals surface area contributed by atoms with E-state index in [1.54, 1.807) is 19.5 Å². The summed E-state index contributed by atoms with van der Waals surface area (Å²) in [6.45, 7) is 1.90. The van der Waals surface area contributed by atoms with Crippen LogP contribution in [0.4, 0.5) is 0 Å². The largest absolute Gasteiger partial charge is 0.480 e. The molecule has 0 amide bonds. The highest BCUT2D eigenvalue weighted by Crippen LogP contribution is 2.12. The van der Waals surface area contributed by atoms with Crippen LogP contribution in [0, 0.1) is 0 Å². The van der Waals surface area contributed by atoms with E-state index in [4.69, 9.17) is 10.5 Å². The molecular weight excluding hydrogens is 180 g/mol. The van der Waals surface area contributed by atoms with Gasteiger partial charge in [0.15, 0.2) is 5.65 Å². The summed E-state index contributed by atoms with van der Waals surface area (Å²) in [5.41, 5.74) is 7.34. The SMILES string of the molecule is COc1cn2cc(C(C)N)nc2cn1. The van der Waals surface area contributed by atoms with Crippen molar-refractivity contribution in [1.29, 1.82) is 0 Å². The average molecular weight is 192 g/mol. The molecule has 0 saturated carbocycles. The van der Waals surface area contributed by atoms with E-state index in [1.807, 2.05) is 17.5 Å². The van der Waals surface area contributed by atoms with Gasteiger partial charge in [-0.05, 0) is 6.92 Å². The second-order valence-corrected chi connectivity index (χ2v) is 3.15. The van der Waals surface area contributed by atoms with Crippen molar-refractivity contribution in [2.45, 2.75) is 13.0 Å². The van der Waals surface area contributed by atoms with Crippen LogP contribution in [0.25, 0.3) is 5.65 Å². The van der Waals surface area contributed by atoms with E-state index in [0.29, 0.717) is 5.88 Å². The summed E-state index contributed by atoms with van der Waals surface area (Å²) >= 11 is 0. The van der Waals surface area contributed by atoms with Crippen LogP contribution in [0.1, 0.15) is 18.7 Å². The van der Waals surface area contributed by atoms with E-state index >= 15 is 0 Å². The van der Waals surface area contributed by atoms with Gasteiger partial charge >= 0.3 is 0 Å². The van der Waals surface area contributed by atoms with E-state index in [-0.39, 0.29) is 6.04 Å². The van der Waals surface area contributed by atoms with E-state index < -0.39 is 0 Å². The predicted molar refractivity (Wildman–Crippen MR) is 52.1 cm³/mol. The summed E-state index contributed by atoms with van der Waals surface area (Å²) in [5, 5.41) is 0. The van der Waals surface area contributed by atoms with Crippen molar-refractivity contribution in [3.05, 3.63) is 24.3 Å². The molecule has 5 nitrogen and oxygen atoms in total. The third kappa shape index (κ3) is 1.42. The summed E-state index contributed by atoms with van der Waals surface area (Å²) in [5.74, 6) is 0.561. The third-order valence-corrected chi connectivity index (χ3v) is 2.01. The van der Waals surface area contributed by atoms with Crippen molar-refractivity contribution in [3.63, 3.8) is 0 Å². The fourth-order valence-corrected chi connectivity index (χ4v) is 1.22. The van der Waals surface area contributed by atoms with Crippen molar-refractivity contribution >= 4 is 5.65 Å². The number of nitrogens with zero attached hydrogens (tertiary/aromatic N) is 3. The Morgan fingerprint density at radius 2 is 2.29 bits per heavy atom. The summed E-state index contributed by atoms with van der Waals surface area (Å²) < 4.78 is 6.85. The molecule has 0 spiro atoms. The lowest BCUT2D eigenvalue weighted by atomic mass is 10.3. The smallest absolute Gasteiger partial charge is 0.230 e. The Morgan fingerprint density at radius 3 is 2.93 bits per heavy atom. The summed E-state index contributed by atoms with van der Waals surface area (Å²) in [6, 6.07) is -0.0686. The molecule has 0 saturated heterocycles. The fraction of sp³-hybridized carbons (Fsp3) is 0.333. The van der Waals surface area contributed by atoms with Crippen LogP contribution in [-0.4, -0.2) is 21.5 Å². The maximum Gasteiger partial charge on any atom is 0.230 e. The Hall–Kier alpha value is -1.62. The van der Waals surface area contributed by atoms with E-state index in [1.165, 1.54) is 0 Å². The zero-order valence-electron chi connectivity index (χ0n) is 8.14. The lowest BCUT2D eigenvalue weighted by molar-refractivity contribution is 0.395. The zero-order chi connectivity index (χ0) is 10.1. The van der Waals surface area contributed by atoms with Gasteiger partial charge in [0.1, 0.15) is 0 Å². The third-order valence-electron chi connectivity index (χ3n) is 2.01. The normalized spacial score (nSPS) is 13.1. The van der Waals surface area contributed by atoms with Gasteiger partial charge in [0.05, 0.1) is 25.2 Å². The summed E-state index contributed by atoms with van der Waals surface area (Å²) in [6.07, 6.45) is 5.31. The maximum atomic E-state index is 5.72. The van der Waals surface area contributed by atoms with Crippen LogP contribution in [0.2, 0.25) is 0 Å². The minimum atomic E-state index is -0.0686. The van der Waals surface area contributed by atoms with Crippen LogP contribution < -0.4 is 10.5 Å².